The standard InChI is InChI=1S/C19H25N3O2S/c1-14-5-4-6-17(15(14)2)22-12-9-20-19(22)25-13-18(23)21-10-7-16(24-3)8-11-21/h4-6,9,12,16H,7-8,10-11,13H2,1-3H3. The average molecular weight is 359 g/mol. The number of benzene rings is 1. The molecular weight excluding hydrogens is 334 g/mol. The van der Waals surface area contributed by atoms with E-state index in [0.717, 1.165) is 36.8 Å². The number of aromatic nitrogens is 2. The third-order valence-electron chi connectivity index (χ3n) is 4.90. The van der Waals surface area contributed by atoms with Gasteiger partial charge in [-0.15, -0.1) is 0 Å². The number of rotatable bonds is 5. The highest BCUT2D eigenvalue weighted by atomic mass is 32.2. The molecule has 0 aliphatic carbocycles. The first-order chi connectivity index (χ1) is 12.1. The number of amides is 1. The highest BCUT2D eigenvalue weighted by Crippen LogP contribution is 2.25. The molecule has 2 heterocycles. The van der Waals surface area contributed by atoms with Gasteiger partial charge in [0.1, 0.15) is 0 Å². The number of methoxy groups -OCH3 is 1. The van der Waals surface area contributed by atoms with Crippen molar-refractivity contribution < 1.29 is 9.53 Å². The van der Waals surface area contributed by atoms with Crippen LogP contribution < -0.4 is 0 Å². The molecule has 2 aromatic rings. The molecule has 0 N–H and O–H groups in total. The van der Waals surface area contributed by atoms with Gasteiger partial charge in [-0.25, -0.2) is 4.98 Å². The maximum absolute atomic E-state index is 12.5. The third-order valence-corrected chi connectivity index (χ3v) is 5.85. The Morgan fingerprint density at radius 3 is 2.80 bits per heavy atom. The van der Waals surface area contributed by atoms with Crippen molar-refractivity contribution in [2.24, 2.45) is 0 Å². The molecule has 1 aromatic heterocycles. The molecule has 0 saturated carbocycles. The van der Waals surface area contributed by atoms with Crippen LogP contribution in [0.25, 0.3) is 5.69 Å². The van der Waals surface area contributed by atoms with Crippen molar-refractivity contribution in [1.29, 1.82) is 0 Å². The predicted molar refractivity (Wildman–Crippen MR) is 100 cm³/mol. The number of imidazole rings is 1. The van der Waals surface area contributed by atoms with Gasteiger partial charge in [-0.3, -0.25) is 9.36 Å². The number of hydrogen-bond acceptors (Lipinski definition) is 4. The largest absolute Gasteiger partial charge is 0.381 e. The first-order valence-electron chi connectivity index (χ1n) is 8.63. The summed E-state index contributed by atoms with van der Waals surface area (Å²) >= 11 is 1.50. The minimum atomic E-state index is 0.176. The summed E-state index contributed by atoms with van der Waals surface area (Å²) in [6.45, 7) is 5.78. The van der Waals surface area contributed by atoms with Gasteiger partial charge in [0.2, 0.25) is 5.91 Å². The van der Waals surface area contributed by atoms with Crippen LogP contribution in [-0.4, -0.2) is 52.4 Å². The summed E-state index contributed by atoms with van der Waals surface area (Å²) in [7, 11) is 1.74. The molecule has 5 nitrogen and oxygen atoms in total. The molecule has 0 radical (unpaired) electrons. The van der Waals surface area contributed by atoms with Crippen molar-refractivity contribution in [3.8, 4) is 5.69 Å². The Balaban J connectivity index is 1.64. The normalized spacial score (nSPS) is 15.6. The fourth-order valence-electron chi connectivity index (χ4n) is 3.13. The van der Waals surface area contributed by atoms with Gasteiger partial charge in [-0.1, -0.05) is 23.9 Å². The summed E-state index contributed by atoms with van der Waals surface area (Å²) in [6.07, 6.45) is 5.88. The van der Waals surface area contributed by atoms with Crippen LogP contribution in [0.4, 0.5) is 0 Å². The quantitative estimate of drug-likeness (QED) is 0.769. The lowest BCUT2D eigenvalue weighted by Crippen LogP contribution is -2.41. The molecule has 1 saturated heterocycles. The number of likely N-dealkylation sites (tertiary alicyclic amines) is 1. The van der Waals surface area contributed by atoms with Crippen molar-refractivity contribution in [1.82, 2.24) is 14.5 Å². The van der Waals surface area contributed by atoms with Crippen molar-refractivity contribution in [3.05, 3.63) is 41.7 Å². The summed E-state index contributed by atoms with van der Waals surface area (Å²) < 4.78 is 7.43. The summed E-state index contributed by atoms with van der Waals surface area (Å²) in [5.41, 5.74) is 3.60. The van der Waals surface area contributed by atoms with Crippen LogP contribution in [-0.2, 0) is 9.53 Å². The fraction of sp³-hybridized carbons (Fsp3) is 0.474. The Bertz CT molecular complexity index is 736. The van der Waals surface area contributed by atoms with Gasteiger partial charge in [0.05, 0.1) is 17.5 Å². The van der Waals surface area contributed by atoms with E-state index in [1.807, 2.05) is 11.1 Å². The maximum Gasteiger partial charge on any atom is 0.233 e. The van der Waals surface area contributed by atoms with Gasteiger partial charge in [0, 0.05) is 32.6 Å². The molecule has 1 aromatic carbocycles. The van der Waals surface area contributed by atoms with E-state index in [0.29, 0.717) is 11.9 Å². The van der Waals surface area contributed by atoms with E-state index in [4.69, 9.17) is 4.74 Å². The summed E-state index contributed by atoms with van der Waals surface area (Å²) in [5, 5.41) is 0.855. The molecule has 1 aliphatic rings. The van der Waals surface area contributed by atoms with Crippen LogP contribution in [0.5, 0.6) is 0 Å². The fourth-order valence-corrected chi connectivity index (χ4v) is 4.00. The van der Waals surface area contributed by atoms with Gasteiger partial charge in [-0.2, -0.15) is 0 Å². The first-order valence-corrected chi connectivity index (χ1v) is 9.62. The molecule has 1 amide bonds. The molecule has 0 unspecified atom stereocenters. The Morgan fingerprint density at radius 2 is 2.08 bits per heavy atom. The van der Waals surface area contributed by atoms with Crippen molar-refractivity contribution in [2.75, 3.05) is 26.0 Å². The minimum Gasteiger partial charge on any atom is -0.381 e. The number of carbonyl (C=O) groups excluding carboxylic acids is 1. The van der Waals surface area contributed by atoms with E-state index in [1.165, 1.54) is 22.9 Å². The van der Waals surface area contributed by atoms with Gasteiger partial charge >= 0.3 is 0 Å². The van der Waals surface area contributed by atoms with E-state index in [1.54, 1.807) is 13.3 Å². The molecular formula is C19H25N3O2S. The Kier molecular flexibility index (Phi) is 5.81. The summed E-state index contributed by atoms with van der Waals surface area (Å²) in [6, 6.07) is 6.25. The second kappa shape index (κ2) is 8.06. The van der Waals surface area contributed by atoms with Crippen molar-refractivity contribution in [3.63, 3.8) is 0 Å². The zero-order chi connectivity index (χ0) is 17.8. The van der Waals surface area contributed by atoms with Crippen molar-refractivity contribution in [2.45, 2.75) is 37.9 Å². The Labute approximate surface area is 153 Å². The van der Waals surface area contributed by atoms with Crippen LogP contribution in [0, 0.1) is 13.8 Å². The van der Waals surface area contributed by atoms with Gasteiger partial charge in [0.25, 0.3) is 0 Å². The van der Waals surface area contributed by atoms with E-state index < -0.39 is 0 Å². The predicted octanol–water partition coefficient (Wildman–Crippen LogP) is 3.22. The lowest BCUT2D eigenvalue weighted by Gasteiger charge is -2.31. The number of aryl methyl sites for hydroxylation is 1. The average Bonchev–Trinajstić information content (AvgIpc) is 3.10. The summed E-state index contributed by atoms with van der Waals surface area (Å²) in [5.74, 6) is 0.592. The number of carbonyl (C=O) groups is 1. The van der Waals surface area contributed by atoms with Gasteiger partial charge in [0.15, 0.2) is 5.16 Å². The van der Waals surface area contributed by atoms with Crippen molar-refractivity contribution >= 4 is 17.7 Å². The van der Waals surface area contributed by atoms with Gasteiger partial charge in [-0.05, 0) is 43.9 Å². The molecule has 0 atom stereocenters. The topological polar surface area (TPSA) is 47.4 Å². The second-order valence-electron chi connectivity index (χ2n) is 6.40. The number of hydrogen-bond donors (Lipinski definition) is 0. The zero-order valence-electron chi connectivity index (χ0n) is 15.1. The number of ether oxygens (including phenoxy) is 1. The van der Waals surface area contributed by atoms with Crippen LogP contribution >= 0.6 is 11.8 Å². The second-order valence-corrected chi connectivity index (χ2v) is 7.35. The molecule has 0 bridgehead atoms. The van der Waals surface area contributed by atoms with E-state index >= 15 is 0 Å². The van der Waals surface area contributed by atoms with Gasteiger partial charge < -0.3 is 9.64 Å². The molecule has 1 fully saturated rings. The van der Waals surface area contributed by atoms with Crippen LogP contribution in [0.1, 0.15) is 24.0 Å². The smallest absolute Gasteiger partial charge is 0.233 e. The summed E-state index contributed by atoms with van der Waals surface area (Å²) in [4.78, 5) is 18.9. The zero-order valence-corrected chi connectivity index (χ0v) is 15.9. The third kappa shape index (κ3) is 4.07. The number of piperidine rings is 1. The highest BCUT2D eigenvalue weighted by Gasteiger charge is 2.23. The maximum atomic E-state index is 12.5. The van der Waals surface area contributed by atoms with E-state index in [2.05, 4.69) is 41.6 Å². The first kappa shape index (κ1) is 18.0. The number of nitrogens with zero attached hydrogens (tertiary/aromatic N) is 3. The number of thioether (sulfide) groups is 1. The highest BCUT2D eigenvalue weighted by molar-refractivity contribution is 7.99. The van der Waals surface area contributed by atoms with E-state index in [9.17, 15) is 4.79 Å². The Morgan fingerprint density at radius 1 is 1.32 bits per heavy atom. The minimum absolute atomic E-state index is 0.176. The van der Waals surface area contributed by atoms with Crippen LogP contribution in [0.15, 0.2) is 35.7 Å². The van der Waals surface area contributed by atoms with Crippen LogP contribution in [0.2, 0.25) is 0 Å². The SMILES string of the molecule is COC1CCN(C(=O)CSc2nccn2-c2cccc(C)c2C)CC1. The monoisotopic (exact) mass is 359 g/mol. The molecule has 0 spiro atoms. The lowest BCUT2D eigenvalue weighted by molar-refractivity contribution is -0.130. The lowest BCUT2D eigenvalue weighted by atomic mass is 10.1. The Hall–Kier alpha value is -1.79. The molecule has 25 heavy (non-hydrogen) atoms. The van der Waals surface area contributed by atoms with Crippen LogP contribution in [0.3, 0.4) is 0 Å². The molecule has 6 heteroatoms. The molecule has 1 aliphatic heterocycles. The molecule has 3 rings (SSSR count). The van der Waals surface area contributed by atoms with E-state index in [-0.39, 0.29) is 5.91 Å². The molecule has 134 valence electrons.